The molecule has 0 aliphatic heterocycles. The minimum Gasteiger partial charge on any atom is -0.311 e. The fourth-order valence-corrected chi connectivity index (χ4v) is 2.40. The predicted octanol–water partition coefficient (Wildman–Crippen LogP) is 1.61. The molecule has 3 heterocycles. The third kappa shape index (κ3) is 2.00. The van der Waals surface area contributed by atoms with Crippen LogP contribution in [0.4, 0.5) is 5.82 Å². The SMILES string of the molecule is Cc1cn[nH]c1NC(=O)Cc1cn2ccsc2n1. The number of nitrogens with one attached hydrogen (secondary N) is 2. The number of nitrogens with zero attached hydrogens (tertiary/aromatic N) is 3. The Morgan fingerprint density at radius 3 is 3.22 bits per heavy atom. The van der Waals surface area contributed by atoms with Crippen molar-refractivity contribution in [2.75, 3.05) is 5.32 Å². The monoisotopic (exact) mass is 261 g/mol. The Morgan fingerprint density at radius 2 is 2.50 bits per heavy atom. The van der Waals surface area contributed by atoms with Gasteiger partial charge in [0.05, 0.1) is 18.3 Å². The van der Waals surface area contributed by atoms with Crippen molar-refractivity contribution in [2.45, 2.75) is 13.3 Å². The van der Waals surface area contributed by atoms with Crippen molar-refractivity contribution in [1.29, 1.82) is 0 Å². The van der Waals surface area contributed by atoms with Gasteiger partial charge in [-0.15, -0.1) is 11.3 Å². The molecule has 1 amide bonds. The van der Waals surface area contributed by atoms with E-state index in [9.17, 15) is 4.79 Å². The van der Waals surface area contributed by atoms with Crippen molar-refractivity contribution < 1.29 is 4.79 Å². The van der Waals surface area contributed by atoms with Gasteiger partial charge in [0.1, 0.15) is 5.82 Å². The summed E-state index contributed by atoms with van der Waals surface area (Å²) < 4.78 is 1.91. The van der Waals surface area contributed by atoms with E-state index in [1.54, 1.807) is 17.5 Å². The summed E-state index contributed by atoms with van der Waals surface area (Å²) >= 11 is 1.55. The van der Waals surface area contributed by atoms with Gasteiger partial charge in [0.25, 0.3) is 0 Å². The molecule has 7 heteroatoms. The number of aryl methyl sites for hydroxylation is 1. The molecule has 0 aliphatic rings. The standard InChI is InChI=1S/C11H11N5OS/c1-7-5-12-15-10(7)14-9(17)4-8-6-16-2-3-18-11(16)13-8/h2-3,5-6H,4H2,1H3,(H2,12,14,15,17). The molecule has 0 atom stereocenters. The van der Waals surface area contributed by atoms with Crippen LogP contribution in [0.5, 0.6) is 0 Å². The lowest BCUT2D eigenvalue weighted by atomic mass is 10.3. The van der Waals surface area contributed by atoms with E-state index in [1.165, 1.54) is 0 Å². The summed E-state index contributed by atoms with van der Waals surface area (Å²) in [5.41, 5.74) is 1.67. The van der Waals surface area contributed by atoms with Crippen LogP contribution in [0.3, 0.4) is 0 Å². The molecule has 0 unspecified atom stereocenters. The highest BCUT2D eigenvalue weighted by Gasteiger charge is 2.10. The van der Waals surface area contributed by atoms with Crippen LogP contribution in [0.15, 0.2) is 24.0 Å². The Bertz CT molecular complexity index is 666. The average Bonchev–Trinajstić information content (AvgIpc) is 2.96. The fraction of sp³-hybridized carbons (Fsp3) is 0.182. The van der Waals surface area contributed by atoms with E-state index < -0.39 is 0 Å². The Kier molecular flexibility index (Phi) is 2.60. The number of carbonyl (C=O) groups excluding carboxylic acids is 1. The van der Waals surface area contributed by atoms with Gasteiger partial charge in [0, 0.05) is 23.3 Å². The molecule has 0 bridgehead atoms. The van der Waals surface area contributed by atoms with Gasteiger partial charge in [-0.3, -0.25) is 14.3 Å². The highest BCUT2D eigenvalue weighted by molar-refractivity contribution is 7.15. The molecular weight excluding hydrogens is 250 g/mol. The number of imidazole rings is 1. The minimum absolute atomic E-state index is 0.104. The lowest BCUT2D eigenvalue weighted by Crippen LogP contribution is -2.15. The summed E-state index contributed by atoms with van der Waals surface area (Å²) in [5.74, 6) is 0.536. The molecule has 0 radical (unpaired) electrons. The zero-order chi connectivity index (χ0) is 12.5. The summed E-state index contributed by atoms with van der Waals surface area (Å²) in [6.07, 6.45) is 5.72. The van der Waals surface area contributed by atoms with E-state index in [1.807, 2.05) is 29.1 Å². The number of fused-ring (bicyclic) bond motifs is 1. The Morgan fingerprint density at radius 1 is 1.61 bits per heavy atom. The fourth-order valence-electron chi connectivity index (χ4n) is 1.68. The molecule has 0 aromatic carbocycles. The van der Waals surface area contributed by atoms with E-state index >= 15 is 0 Å². The maximum atomic E-state index is 11.8. The molecule has 3 aromatic heterocycles. The first kappa shape index (κ1) is 11.0. The van der Waals surface area contributed by atoms with Crippen LogP contribution in [-0.2, 0) is 11.2 Å². The molecule has 0 fully saturated rings. The van der Waals surface area contributed by atoms with Crippen LogP contribution < -0.4 is 5.32 Å². The Labute approximate surface area is 107 Å². The minimum atomic E-state index is -0.104. The number of rotatable bonds is 3. The number of anilines is 1. The summed E-state index contributed by atoms with van der Waals surface area (Å²) in [6, 6.07) is 0. The molecular formula is C11H11N5OS. The van der Waals surface area contributed by atoms with Gasteiger partial charge >= 0.3 is 0 Å². The molecule has 0 saturated carbocycles. The third-order valence-corrected chi connectivity index (χ3v) is 3.35. The summed E-state index contributed by atoms with van der Waals surface area (Å²) in [4.78, 5) is 17.1. The van der Waals surface area contributed by atoms with Crippen LogP contribution in [0.25, 0.3) is 4.96 Å². The Hall–Kier alpha value is -2.15. The van der Waals surface area contributed by atoms with E-state index in [0.29, 0.717) is 5.82 Å². The van der Waals surface area contributed by atoms with Crippen LogP contribution in [-0.4, -0.2) is 25.5 Å². The second kappa shape index (κ2) is 4.26. The van der Waals surface area contributed by atoms with Gasteiger partial charge < -0.3 is 5.32 Å². The molecule has 3 aromatic rings. The molecule has 0 saturated heterocycles. The zero-order valence-electron chi connectivity index (χ0n) is 9.67. The molecule has 3 rings (SSSR count). The first-order chi connectivity index (χ1) is 8.72. The van der Waals surface area contributed by atoms with Crippen molar-refractivity contribution in [1.82, 2.24) is 19.6 Å². The first-order valence-electron chi connectivity index (χ1n) is 5.43. The van der Waals surface area contributed by atoms with E-state index in [4.69, 9.17) is 0 Å². The summed E-state index contributed by atoms with van der Waals surface area (Å²) in [6.45, 7) is 1.88. The van der Waals surface area contributed by atoms with E-state index in [-0.39, 0.29) is 12.3 Å². The van der Waals surface area contributed by atoms with Gasteiger partial charge in [0.2, 0.25) is 5.91 Å². The van der Waals surface area contributed by atoms with E-state index in [2.05, 4.69) is 20.5 Å². The van der Waals surface area contributed by atoms with Crippen molar-refractivity contribution >= 4 is 28.0 Å². The number of carbonyl (C=O) groups is 1. The first-order valence-corrected chi connectivity index (χ1v) is 6.31. The van der Waals surface area contributed by atoms with E-state index in [0.717, 1.165) is 16.2 Å². The molecule has 6 nitrogen and oxygen atoms in total. The number of thiazole rings is 1. The number of H-pyrrole nitrogens is 1. The zero-order valence-corrected chi connectivity index (χ0v) is 10.5. The highest BCUT2D eigenvalue weighted by atomic mass is 32.1. The average molecular weight is 261 g/mol. The normalized spacial score (nSPS) is 10.9. The number of aromatic amines is 1. The third-order valence-electron chi connectivity index (χ3n) is 2.58. The maximum absolute atomic E-state index is 11.8. The van der Waals surface area contributed by atoms with Crippen molar-refractivity contribution in [2.24, 2.45) is 0 Å². The topological polar surface area (TPSA) is 75.1 Å². The number of aromatic nitrogens is 4. The second-order valence-corrected chi connectivity index (χ2v) is 4.85. The van der Waals surface area contributed by atoms with Crippen LogP contribution in [0.2, 0.25) is 0 Å². The lowest BCUT2D eigenvalue weighted by Gasteiger charge is -2.01. The number of amides is 1. The van der Waals surface area contributed by atoms with Crippen molar-refractivity contribution in [3.63, 3.8) is 0 Å². The molecule has 18 heavy (non-hydrogen) atoms. The molecule has 92 valence electrons. The number of hydrogen-bond donors (Lipinski definition) is 2. The van der Waals surface area contributed by atoms with Gasteiger partial charge in [-0.2, -0.15) is 5.10 Å². The van der Waals surface area contributed by atoms with Crippen molar-refractivity contribution in [3.05, 3.63) is 35.2 Å². The maximum Gasteiger partial charge on any atom is 0.231 e. The van der Waals surface area contributed by atoms with Gasteiger partial charge in [-0.05, 0) is 6.92 Å². The Balaban J connectivity index is 1.71. The van der Waals surface area contributed by atoms with Crippen LogP contribution in [0.1, 0.15) is 11.3 Å². The summed E-state index contributed by atoms with van der Waals surface area (Å²) in [7, 11) is 0. The van der Waals surface area contributed by atoms with Crippen LogP contribution >= 0.6 is 11.3 Å². The second-order valence-electron chi connectivity index (χ2n) is 3.98. The quantitative estimate of drug-likeness (QED) is 0.752. The molecule has 2 N–H and O–H groups in total. The lowest BCUT2D eigenvalue weighted by molar-refractivity contribution is -0.115. The molecule has 0 aliphatic carbocycles. The smallest absolute Gasteiger partial charge is 0.231 e. The van der Waals surface area contributed by atoms with Crippen LogP contribution in [0, 0.1) is 6.92 Å². The summed E-state index contributed by atoms with van der Waals surface area (Å²) in [5, 5.41) is 11.3. The number of hydrogen-bond acceptors (Lipinski definition) is 4. The largest absolute Gasteiger partial charge is 0.311 e. The van der Waals surface area contributed by atoms with Gasteiger partial charge in [0.15, 0.2) is 4.96 Å². The predicted molar refractivity (Wildman–Crippen MR) is 68.7 cm³/mol. The van der Waals surface area contributed by atoms with Gasteiger partial charge in [-0.1, -0.05) is 0 Å². The van der Waals surface area contributed by atoms with Crippen molar-refractivity contribution in [3.8, 4) is 0 Å². The van der Waals surface area contributed by atoms with Gasteiger partial charge in [-0.25, -0.2) is 4.98 Å². The molecule has 0 spiro atoms. The highest BCUT2D eigenvalue weighted by Crippen LogP contribution is 2.13.